The second kappa shape index (κ2) is 11.4. The van der Waals surface area contributed by atoms with Crippen LogP contribution in [-0.4, -0.2) is 75.1 Å². The summed E-state index contributed by atoms with van der Waals surface area (Å²) in [5.74, 6) is -0.838. The summed E-state index contributed by atoms with van der Waals surface area (Å²) in [6.45, 7) is 8.33. The number of carboxylic acid groups (broad SMARTS) is 1. The molecule has 0 radical (unpaired) electrons. The maximum Gasteiger partial charge on any atom is 0.322 e. The van der Waals surface area contributed by atoms with E-state index in [1.807, 2.05) is 18.7 Å². The largest absolute Gasteiger partial charge is 0.480 e. The van der Waals surface area contributed by atoms with Gasteiger partial charge in [-0.1, -0.05) is 0 Å². The van der Waals surface area contributed by atoms with Crippen molar-refractivity contribution >= 4 is 5.97 Å². The molecule has 0 amide bonds. The van der Waals surface area contributed by atoms with Crippen LogP contribution in [0.25, 0.3) is 0 Å². The van der Waals surface area contributed by atoms with E-state index in [1.54, 1.807) is 7.05 Å². The van der Waals surface area contributed by atoms with E-state index in [4.69, 9.17) is 14.6 Å². The fraction of sp³-hybridized carbons (Fsp3) is 0.917. The number of nitrogens with zero attached hydrogens (tertiary/aromatic N) is 1. The lowest BCUT2D eigenvalue weighted by Crippen LogP contribution is -2.46. The molecule has 0 aliphatic rings. The summed E-state index contributed by atoms with van der Waals surface area (Å²) in [4.78, 5) is 13.0. The fourth-order valence-corrected chi connectivity index (χ4v) is 1.52. The summed E-state index contributed by atoms with van der Waals surface area (Å²) in [6, 6.07) is -0.562. The van der Waals surface area contributed by atoms with Crippen LogP contribution in [0.5, 0.6) is 0 Å². The van der Waals surface area contributed by atoms with Crippen molar-refractivity contribution in [2.45, 2.75) is 19.9 Å². The highest BCUT2D eigenvalue weighted by Crippen LogP contribution is 1.95. The molecule has 108 valence electrons. The van der Waals surface area contributed by atoms with E-state index in [2.05, 4.69) is 5.32 Å². The van der Waals surface area contributed by atoms with Crippen molar-refractivity contribution in [3.05, 3.63) is 0 Å². The van der Waals surface area contributed by atoms with Gasteiger partial charge in [-0.05, 0) is 20.9 Å². The standard InChI is InChI=1S/C12H26N2O4/c1-4-17-8-6-14(7-9-18-5-2)10-11(13-3)12(15)16/h11,13H,4-10H2,1-3H3,(H,15,16). The average Bonchev–Trinajstić information content (AvgIpc) is 2.35. The van der Waals surface area contributed by atoms with Crippen LogP contribution in [0.2, 0.25) is 0 Å². The number of likely N-dealkylation sites (N-methyl/N-ethyl adjacent to an activating group) is 1. The molecular weight excluding hydrogens is 236 g/mol. The highest BCUT2D eigenvalue weighted by atomic mass is 16.5. The van der Waals surface area contributed by atoms with Gasteiger partial charge >= 0.3 is 5.97 Å². The summed E-state index contributed by atoms with van der Waals surface area (Å²) in [5, 5.41) is 11.8. The van der Waals surface area contributed by atoms with Crippen molar-refractivity contribution in [1.29, 1.82) is 0 Å². The molecule has 0 saturated carbocycles. The summed E-state index contributed by atoms with van der Waals surface area (Å²) >= 11 is 0. The Balaban J connectivity index is 4.11. The Morgan fingerprint density at radius 3 is 2.06 bits per heavy atom. The van der Waals surface area contributed by atoms with Crippen molar-refractivity contribution in [2.24, 2.45) is 0 Å². The summed E-state index contributed by atoms with van der Waals surface area (Å²) < 4.78 is 10.6. The van der Waals surface area contributed by atoms with Gasteiger partial charge in [0.25, 0.3) is 0 Å². The van der Waals surface area contributed by atoms with Crippen molar-refractivity contribution in [1.82, 2.24) is 10.2 Å². The molecule has 0 bridgehead atoms. The second-order valence-electron chi connectivity index (χ2n) is 3.87. The van der Waals surface area contributed by atoms with Crippen LogP contribution in [0.15, 0.2) is 0 Å². The zero-order chi connectivity index (χ0) is 13.8. The van der Waals surface area contributed by atoms with E-state index in [0.29, 0.717) is 46.1 Å². The Hall–Kier alpha value is -0.690. The highest BCUT2D eigenvalue weighted by Gasteiger charge is 2.18. The molecule has 18 heavy (non-hydrogen) atoms. The minimum atomic E-state index is -0.838. The summed E-state index contributed by atoms with van der Waals surface area (Å²) in [6.07, 6.45) is 0. The van der Waals surface area contributed by atoms with Gasteiger partial charge < -0.3 is 19.9 Å². The lowest BCUT2D eigenvalue weighted by molar-refractivity contribution is -0.140. The molecule has 0 saturated heterocycles. The van der Waals surface area contributed by atoms with Crippen LogP contribution < -0.4 is 5.32 Å². The number of ether oxygens (including phenoxy) is 2. The molecule has 0 aliphatic carbocycles. The molecule has 0 aromatic rings. The molecule has 6 nitrogen and oxygen atoms in total. The third kappa shape index (κ3) is 8.41. The van der Waals surface area contributed by atoms with E-state index in [-0.39, 0.29) is 0 Å². The van der Waals surface area contributed by atoms with Crippen molar-refractivity contribution < 1.29 is 19.4 Å². The summed E-state index contributed by atoms with van der Waals surface area (Å²) in [5.41, 5.74) is 0. The molecule has 0 aromatic heterocycles. The van der Waals surface area contributed by atoms with Gasteiger partial charge in [0.05, 0.1) is 13.2 Å². The smallest absolute Gasteiger partial charge is 0.322 e. The number of nitrogens with one attached hydrogen (secondary N) is 1. The Bertz CT molecular complexity index is 204. The molecule has 6 heteroatoms. The van der Waals surface area contributed by atoms with Gasteiger partial charge in [0.15, 0.2) is 0 Å². The number of hydrogen-bond donors (Lipinski definition) is 2. The first-order chi connectivity index (χ1) is 8.65. The summed E-state index contributed by atoms with van der Waals surface area (Å²) in [7, 11) is 1.65. The SMILES string of the molecule is CCOCCN(CCOCC)CC(NC)C(=O)O. The van der Waals surface area contributed by atoms with E-state index in [0.717, 1.165) is 0 Å². The molecular formula is C12H26N2O4. The van der Waals surface area contributed by atoms with E-state index >= 15 is 0 Å². The number of hydrogen-bond acceptors (Lipinski definition) is 5. The zero-order valence-corrected chi connectivity index (χ0v) is 11.6. The van der Waals surface area contributed by atoms with Crippen LogP contribution in [0, 0.1) is 0 Å². The minimum Gasteiger partial charge on any atom is -0.480 e. The van der Waals surface area contributed by atoms with E-state index in [9.17, 15) is 4.79 Å². The van der Waals surface area contributed by atoms with Crippen molar-refractivity contribution in [3.63, 3.8) is 0 Å². The number of carbonyl (C=O) groups is 1. The third-order valence-corrected chi connectivity index (χ3v) is 2.60. The van der Waals surface area contributed by atoms with Gasteiger partial charge in [-0.2, -0.15) is 0 Å². The van der Waals surface area contributed by atoms with Crippen molar-refractivity contribution in [3.8, 4) is 0 Å². The molecule has 0 spiro atoms. The first-order valence-electron chi connectivity index (χ1n) is 6.43. The van der Waals surface area contributed by atoms with Gasteiger partial charge in [0.1, 0.15) is 6.04 Å². The predicted octanol–water partition coefficient (Wildman–Crippen LogP) is 0.0340. The van der Waals surface area contributed by atoms with Gasteiger partial charge in [-0.15, -0.1) is 0 Å². The Labute approximate surface area is 109 Å². The van der Waals surface area contributed by atoms with Crippen LogP contribution in [0.1, 0.15) is 13.8 Å². The van der Waals surface area contributed by atoms with Gasteiger partial charge in [0.2, 0.25) is 0 Å². The minimum absolute atomic E-state index is 0.450. The highest BCUT2D eigenvalue weighted by molar-refractivity contribution is 5.73. The normalized spacial score (nSPS) is 12.9. The molecule has 0 rings (SSSR count). The van der Waals surface area contributed by atoms with Crippen LogP contribution in [-0.2, 0) is 14.3 Å². The Morgan fingerprint density at radius 2 is 1.72 bits per heavy atom. The zero-order valence-electron chi connectivity index (χ0n) is 11.6. The molecule has 0 aliphatic heterocycles. The maximum atomic E-state index is 11.0. The van der Waals surface area contributed by atoms with Gasteiger partial charge in [-0.25, -0.2) is 0 Å². The van der Waals surface area contributed by atoms with Gasteiger partial charge in [-0.3, -0.25) is 9.69 Å². The Morgan fingerprint density at radius 1 is 1.22 bits per heavy atom. The van der Waals surface area contributed by atoms with E-state index < -0.39 is 12.0 Å². The lowest BCUT2D eigenvalue weighted by atomic mass is 10.2. The molecule has 1 atom stereocenters. The first-order valence-corrected chi connectivity index (χ1v) is 6.43. The quantitative estimate of drug-likeness (QED) is 0.484. The molecule has 1 unspecified atom stereocenters. The number of aliphatic carboxylic acids is 1. The fourth-order valence-electron chi connectivity index (χ4n) is 1.52. The van der Waals surface area contributed by atoms with E-state index in [1.165, 1.54) is 0 Å². The third-order valence-electron chi connectivity index (χ3n) is 2.60. The van der Waals surface area contributed by atoms with Crippen LogP contribution in [0.4, 0.5) is 0 Å². The maximum absolute atomic E-state index is 11.0. The predicted molar refractivity (Wildman–Crippen MR) is 69.9 cm³/mol. The first kappa shape index (κ1) is 17.3. The Kier molecular flexibility index (Phi) is 11.0. The lowest BCUT2D eigenvalue weighted by Gasteiger charge is -2.25. The van der Waals surface area contributed by atoms with Crippen molar-refractivity contribution in [2.75, 3.05) is 53.1 Å². The van der Waals surface area contributed by atoms with Gasteiger partial charge in [0, 0.05) is 32.8 Å². The van der Waals surface area contributed by atoms with Crippen LogP contribution >= 0.6 is 0 Å². The molecule has 0 aromatic carbocycles. The second-order valence-corrected chi connectivity index (χ2v) is 3.87. The number of carboxylic acids is 1. The number of rotatable bonds is 12. The topological polar surface area (TPSA) is 71.0 Å². The molecule has 0 heterocycles. The molecule has 2 N–H and O–H groups in total. The monoisotopic (exact) mass is 262 g/mol. The molecule has 0 fully saturated rings. The average molecular weight is 262 g/mol. The van der Waals surface area contributed by atoms with Crippen LogP contribution in [0.3, 0.4) is 0 Å².